The first kappa shape index (κ1) is 9.02. The Bertz CT molecular complexity index is 369. The summed E-state index contributed by atoms with van der Waals surface area (Å²) in [6, 6.07) is 1.93. The number of halogens is 2. The molecule has 0 aliphatic carbocycles. The van der Waals surface area contributed by atoms with Crippen molar-refractivity contribution < 1.29 is 4.42 Å². The van der Waals surface area contributed by atoms with Crippen molar-refractivity contribution in [2.24, 2.45) is 0 Å². The second-order valence-corrected chi connectivity index (χ2v) is 4.31. The molecule has 0 aromatic carbocycles. The molecule has 2 heterocycles. The highest BCUT2D eigenvalue weighted by Crippen LogP contribution is 2.15. The molecule has 2 aromatic heterocycles. The van der Waals surface area contributed by atoms with E-state index in [1.165, 1.54) is 0 Å². The zero-order chi connectivity index (χ0) is 9.26. The third kappa shape index (κ3) is 2.22. The minimum atomic E-state index is 0.723. The molecule has 0 amide bonds. The minimum absolute atomic E-state index is 0.723. The maximum atomic E-state index is 5.11. The van der Waals surface area contributed by atoms with Crippen molar-refractivity contribution in [1.82, 2.24) is 9.78 Å². The monoisotopic (exact) mass is 304 g/mol. The summed E-state index contributed by atoms with van der Waals surface area (Å²) in [6.07, 6.45) is 5.38. The molecule has 0 atom stereocenters. The van der Waals surface area contributed by atoms with Crippen molar-refractivity contribution in [3.05, 3.63) is 39.4 Å². The molecule has 0 saturated carbocycles. The van der Waals surface area contributed by atoms with Gasteiger partial charge in [0.15, 0.2) is 4.67 Å². The standard InChI is InChI=1S/C8H6Br2N2O/c9-7-2-11-12(4-7)3-6-1-8(10)13-5-6/h1-2,4-5H,3H2. The van der Waals surface area contributed by atoms with Gasteiger partial charge in [0.05, 0.1) is 23.5 Å². The molecular weight excluding hydrogens is 300 g/mol. The summed E-state index contributed by atoms with van der Waals surface area (Å²) in [4.78, 5) is 0. The van der Waals surface area contributed by atoms with Crippen molar-refractivity contribution in [3.8, 4) is 0 Å². The van der Waals surface area contributed by atoms with E-state index in [9.17, 15) is 0 Å². The van der Waals surface area contributed by atoms with Crippen LogP contribution in [-0.2, 0) is 6.54 Å². The molecule has 0 N–H and O–H groups in total. The molecule has 0 aliphatic heterocycles. The highest BCUT2D eigenvalue weighted by Gasteiger charge is 2.00. The van der Waals surface area contributed by atoms with Crippen molar-refractivity contribution in [3.63, 3.8) is 0 Å². The Hall–Kier alpha value is -0.550. The van der Waals surface area contributed by atoms with E-state index >= 15 is 0 Å². The van der Waals surface area contributed by atoms with Gasteiger partial charge in [-0.15, -0.1) is 0 Å². The topological polar surface area (TPSA) is 31.0 Å². The largest absolute Gasteiger partial charge is 0.457 e. The lowest BCUT2D eigenvalue weighted by Gasteiger charge is -1.95. The van der Waals surface area contributed by atoms with Crippen molar-refractivity contribution in [1.29, 1.82) is 0 Å². The molecule has 0 fully saturated rings. The van der Waals surface area contributed by atoms with Gasteiger partial charge in [0.25, 0.3) is 0 Å². The van der Waals surface area contributed by atoms with Gasteiger partial charge in [0.1, 0.15) is 0 Å². The summed E-state index contributed by atoms with van der Waals surface area (Å²) in [5.41, 5.74) is 1.09. The van der Waals surface area contributed by atoms with Crippen LogP contribution in [-0.4, -0.2) is 9.78 Å². The van der Waals surface area contributed by atoms with Crippen LogP contribution in [0.25, 0.3) is 0 Å². The van der Waals surface area contributed by atoms with Gasteiger partial charge in [-0.2, -0.15) is 5.10 Å². The number of nitrogens with zero attached hydrogens (tertiary/aromatic N) is 2. The Morgan fingerprint density at radius 2 is 2.31 bits per heavy atom. The van der Waals surface area contributed by atoms with Crippen molar-refractivity contribution >= 4 is 31.9 Å². The van der Waals surface area contributed by atoms with Gasteiger partial charge in [-0.3, -0.25) is 4.68 Å². The average molecular weight is 306 g/mol. The Labute approximate surface area is 92.0 Å². The fourth-order valence-electron chi connectivity index (χ4n) is 1.04. The molecule has 13 heavy (non-hydrogen) atoms. The number of furan rings is 1. The second-order valence-electron chi connectivity index (χ2n) is 2.62. The molecule has 0 spiro atoms. The van der Waals surface area contributed by atoms with Gasteiger partial charge in [-0.1, -0.05) is 0 Å². The van der Waals surface area contributed by atoms with E-state index in [0.29, 0.717) is 0 Å². The number of aromatic nitrogens is 2. The van der Waals surface area contributed by atoms with E-state index in [4.69, 9.17) is 4.42 Å². The zero-order valence-electron chi connectivity index (χ0n) is 6.58. The minimum Gasteiger partial charge on any atom is -0.457 e. The molecule has 5 heteroatoms. The lowest BCUT2D eigenvalue weighted by Crippen LogP contribution is -1.97. The Kier molecular flexibility index (Phi) is 2.55. The van der Waals surface area contributed by atoms with E-state index < -0.39 is 0 Å². The molecule has 2 aromatic rings. The maximum Gasteiger partial charge on any atom is 0.169 e. The predicted octanol–water partition coefficient (Wildman–Crippen LogP) is 3.05. The highest BCUT2D eigenvalue weighted by molar-refractivity contribution is 9.10. The SMILES string of the molecule is Brc1cnn(Cc2coc(Br)c2)c1. The molecule has 0 aliphatic rings. The Balaban J connectivity index is 2.14. The molecule has 0 saturated heterocycles. The fraction of sp³-hybridized carbons (Fsp3) is 0.125. The highest BCUT2D eigenvalue weighted by atomic mass is 79.9. The molecular formula is C8H6Br2N2O. The van der Waals surface area contributed by atoms with E-state index in [0.717, 1.165) is 21.3 Å². The lowest BCUT2D eigenvalue weighted by molar-refractivity contribution is 0.535. The summed E-state index contributed by atoms with van der Waals surface area (Å²) in [7, 11) is 0. The normalized spacial score (nSPS) is 10.6. The van der Waals surface area contributed by atoms with Crippen LogP contribution >= 0.6 is 31.9 Å². The van der Waals surface area contributed by atoms with Gasteiger partial charge in [-0.25, -0.2) is 0 Å². The summed E-state index contributed by atoms with van der Waals surface area (Å²) in [5.74, 6) is 0. The fourth-order valence-corrected chi connectivity index (χ4v) is 1.76. The Morgan fingerprint density at radius 3 is 2.85 bits per heavy atom. The van der Waals surface area contributed by atoms with E-state index in [1.807, 2.05) is 16.9 Å². The van der Waals surface area contributed by atoms with Crippen LogP contribution in [0, 0.1) is 0 Å². The van der Waals surface area contributed by atoms with E-state index in [-0.39, 0.29) is 0 Å². The molecule has 3 nitrogen and oxygen atoms in total. The summed E-state index contributed by atoms with van der Waals surface area (Å²) < 4.78 is 8.67. The third-order valence-electron chi connectivity index (χ3n) is 1.57. The van der Waals surface area contributed by atoms with E-state index in [1.54, 1.807) is 12.5 Å². The zero-order valence-corrected chi connectivity index (χ0v) is 9.75. The smallest absolute Gasteiger partial charge is 0.169 e. The maximum absolute atomic E-state index is 5.11. The quantitative estimate of drug-likeness (QED) is 0.854. The van der Waals surface area contributed by atoms with Gasteiger partial charge in [0, 0.05) is 11.8 Å². The average Bonchev–Trinajstić information content (AvgIpc) is 2.62. The van der Waals surface area contributed by atoms with E-state index in [2.05, 4.69) is 37.0 Å². The second kappa shape index (κ2) is 3.67. The lowest BCUT2D eigenvalue weighted by atomic mass is 10.3. The van der Waals surface area contributed by atoms with Crippen LogP contribution in [0.15, 0.2) is 38.3 Å². The number of hydrogen-bond donors (Lipinski definition) is 0. The van der Waals surface area contributed by atoms with Crippen LogP contribution in [0.2, 0.25) is 0 Å². The van der Waals surface area contributed by atoms with Crippen molar-refractivity contribution in [2.75, 3.05) is 0 Å². The van der Waals surface area contributed by atoms with Crippen LogP contribution in [0.4, 0.5) is 0 Å². The van der Waals surface area contributed by atoms with Crippen LogP contribution in [0.1, 0.15) is 5.56 Å². The molecule has 2 rings (SSSR count). The third-order valence-corrected chi connectivity index (χ3v) is 2.39. The Morgan fingerprint density at radius 1 is 1.46 bits per heavy atom. The van der Waals surface area contributed by atoms with Gasteiger partial charge in [-0.05, 0) is 37.9 Å². The summed E-state index contributed by atoms with van der Waals surface area (Å²) in [5, 5.41) is 4.13. The predicted molar refractivity (Wildman–Crippen MR) is 55.4 cm³/mol. The van der Waals surface area contributed by atoms with Gasteiger partial charge >= 0.3 is 0 Å². The molecule has 0 unspecified atom stereocenters. The first-order valence-electron chi connectivity index (χ1n) is 3.65. The number of rotatable bonds is 2. The van der Waals surface area contributed by atoms with Crippen molar-refractivity contribution in [2.45, 2.75) is 6.54 Å². The van der Waals surface area contributed by atoms with Crippen LogP contribution in [0.3, 0.4) is 0 Å². The molecule has 68 valence electrons. The summed E-state index contributed by atoms with van der Waals surface area (Å²) >= 11 is 6.58. The van der Waals surface area contributed by atoms with Crippen LogP contribution < -0.4 is 0 Å². The molecule has 0 radical (unpaired) electrons. The summed E-state index contributed by atoms with van der Waals surface area (Å²) in [6.45, 7) is 0.723. The van der Waals surface area contributed by atoms with Gasteiger partial charge < -0.3 is 4.42 Å². The number of hydrogen-bond acceptors (Lipinski definition) is 2. The first-order valence-corrected chi connectivity index (χ1v) is 5.23. The first-order chi connectivity index (χ1) is 6.24. The van der Waals surface area contributed by atoms with Crippen LogP contribution in [0.5, 0.6) is 0 Å². The molecule has 0 bridgehead atoms. The van der Waals surface area contributed by atoms with Gasteiger partial charge in [0.2, 0.25) is 0 Å².